The lowest BCUT2D eigenvalue weighted by Crippen LogP contribution is -2.13. The van der Waals surface area contributed by atoms with Crippen molar-refractivity contribution in [3.63, 3.8) is 0 Å². The third kappa shape index (κ3) is 5.62. The van der Waals surface area contributed by atoms with Crippen molar-refractivity contribution in [2.75, 3.05) is 18.2 Å². The fraction of sp³-hybridized carbons (Fsp3) is 0.200. The standard InChI is InChI=1S/C25H23N5O4S2/c1-16-8-9-22(17(2)12-16)34-11-10-30-15-19(20-6-4-5-7-21(20)30)13-18(14-26)23(31)27-24-28-25(29-35-24)36(3,32)33/h4-9,12-13,15H,10-11H2,1-3H3,(H,27,28,29,31). The highest BCUT2D eigenvalue weighted by molar-refractivity contribution is 7.90. The Labute approximate surface area is 212 Å². The molecule has 0 saturated carbocycles. The Morgan fingerprint density at radius 2 is 2.03 bits per heavy atom. The third-order valence-corrected chi connectivity index (χ3v) is 6.96. The van der Waals surface area contributed by atoms with Crippen molar-refractivity contribution in [1.29, 1.82) is 5.26 Å². The minimum Gasteiger partial charge on any atom is -0.491 e. The van der Waals surface area contributed by atoms with E-state index in [-0.39, 0.29) is 15.9 Å². The number of anilines is 1. The summed E-state index contributed by atoms with van der Waals surface area (Å²) in [6, 6.07) is 15.6. The molecule has 0 radical (unpaired) electrons. The topological polar surface area (TPSA) is 127 Å². The van der Waals surface area contributed by atoms with Crippen LogP contribution in [0.2, 0.25) is 0 Å². The van der Waals surface area contributed by atoms with Crippen LogP contribution in [-0.2, 0) is 21.2 Å². The second-order valence-electron chi connectivity index (χ2n) is 8.19. The van der Waals surface area contributed by atoms with E-state index in [4.69, 9.17) is 4.74 Å². The summed E-state index contributed by atoms with van der Waals surface area (Å²) in [7, 11) is -3.60. The van der Waals surface area contributed by atoms with E-state index in [2.05, 4.69) is 20.7 Å². The summed E-state index contributed by atoms with van der Waals surface area (Å²) in [6.45, 7) is 5.05. The van der Waals surface area contributed by atoms with E-state index in [9.17, 15) is 18.5 Å². The zero-order valence-corrected chi connectivity index (χ0v) is 21.5. The van der Waals surface area contributed by atoms with Crippen LogP contribution in [0.5, 0.6) is 5.75 Å². The van der Waals surface area contributed by atoms with Gasteiger partial charge in [0, 0.05) is 40.5 Å². The Balaban J connectivity index is 1.55. The van der Waals surface area contributed by atoms with Gasteiger partial charge in [-0.2, -0.15) is 14.6 Å². The number of amides is 1. The van der Waals surface area contributed by atoms with Crippen molar-refractivity contribution in [3.05, 3.63) is 70.9 Å². The van der Waals surface area contributed by atoms with Gasteiger partial charge in [-0.15, -0.1) is 0 Å². The number of nitriles is 1. The molecule has 11 heteroatoms. The second-order valence-corrected chi connectivity index (χ2v) is 10.9. The van der Waals surface area contributed by atoms with Gasteiger partial charge >= 0.3 is 0 Å². The van der Waals surface area contributed by atoms with Gasteiger partial charge in [0.1, 0.15) is 24.0 Å². The normalized spacial score (nSPS) is 11.9. The number of carbonyl (C=O) groups excluding carboxylic acids is 1. The van der Waals surface area contributed by atoms with E-state index < -0.39 is 15.7 Å². The number of rotatable bonds is 8. The van der Waals surface area contributed by atoms with E-state index >= 15 is 0 Å². The van der Waals surface area contributed by atoms with Gasteiger partial charge in [0.25, 0.3) is 11.1 Å². The van der Waals surface area contributed by atoms with Crippen LogP contribution in [0, 0.1) is 25.2 Å². The number of para-hydroxylation sites is 1. The zero-order chi connectivity index (χ0) is 25.9. The van der Waals surface area contributed by atoms with Gasteiger partial charge in [0.05, 0.1) is 6.54 Å². The van der Waals surface area contributed by atoms with E-state index in [1.165, 1.54) is 11.6 Å². The first-order chi connectivity index (χ1) is 17.2. The Morgan fingerprint density at radius 1 is 1.25 bits per heavy atom. The number of ether oxygens (including phenoxy) is 1. The van der Waals surface area contributed by atoms with Gasteiger partial charge in [0.15, 0.2) is 0 Å². The molecular weight excluding hydrogens is 498 g/mol. The molecule has 0 aliphatic rings. The monoisotopic (exact) mass is 521 g/mol. The lowest BCUT2D eigenvalue weighted by atomic mass is 10.1. The lowest BCUT2D eigenvalue weighted by molar-refractivity contribution is -0.112. The number of hydrogen-bond donors (Lipinski definition) is 1. The molecule has 184 valence electrons. The van der Waals surface area contributed by atoms with E-state index in [0.29, 0.717) is 18.7 Å². The van der Waals surface area contributed by atoms with Crippen molar-refractivity contribution >= 4 is 49.4 Å². The molecule has 2 aromatic heterocycles. The number of hydrogen-bond acceptors (Lipinski definition) is 8. The summed E-state index contributed by atoms with van der Waals surface area (Å²) in [4.78, 5) is 16.5. The molecule has 1 amide bonds. The number of nitrogens with one attached hydrogen (secondary N) is 1. The fourth-order valence-corrected chi connectivity index (χ4v) is 5.11. The number of sulfone groups is 1. The largest absolute Gasteiger partial charge is 0.491 e. The summed E-state index contributed by atoms with van der Waals surface area (Å²) in [5.74, 6) is 0.125. The Bertz CT molecular complexity index is 1630. The number of nitrogens with zero attached hydrogens (tertiary/aromatic N) is 4. The molecule has 0 saturated heterocycles. The summed E-state index contributed by atoms with van der Waals surface area (Å²) in [6.07, 6.45) is 4.34. The quantitative estimate of drug-likeness (QED) is 0.273. The Kier molecular flexibility index (Phi) is 7.19. The maximum absolute atomic E-state index is 12.7. The van der Waals surface area contributed by atoms with Gasteiger partial charge in [0.2, 0.25) is 15.0 Å². The van der Waals surface area contributed by atoms with Crippen LogP contribution < -0.4 is 10.1 Å². The predicted octanol–water partition coefficient (Wildman–Crippen LogP) is 4.14. The van der Waals surface area contributed by atoms with Gasteiger partial charge in [-0.05, 0) is 37.6 Å². The maximum Gasteiger partial charge on any atom is 0.268 e. The molecule has 0 bridgehead atoms. The first kappa shape index (κ1) is 25.1. The van der Waals surface area contributed by atoms with E-state index in [0.717, 1.165) is 40.0 Å². The molecule has 0 unspecified atom stereocenters. The summed E-state index contributed by atoms with van der Waals surface area (Å²) in [5, 5.41) is 12.6. The second kappa shape index (κ2) is 10.3. The van der Waals surface area contributed by atoms with Crippen LogP contribution in [0.15, 0.2) is 59.4 Å². The number of aryl methyl sites for hydroxylation is 2. The van der Waals surface area contributed by atoms with Crippen LogP contribution in [0.25, 0.3) is 17.0 Å². The molecule has 1 N–H and O–H groups in total. The predicted molar refractivity (Wildman–Crippen MR) is 139 cm³/mol. The highest BCUT2D eigenvalue weighted by atomic mass is 32.2. The fourth-order valence-electron chi connectivity index (χ4n) is 3.67. The van der Waals surface area contributed by atoms with Gasteiger partial charge in [-0.3, -0.25) is 10.1 Å². The molecule has 2 heterocycles. The number of carbonyl (C=O) groups is 1. The van der Waals surface area contributed by atoms with Crippen LogP contribution in [-0.4, -0.2) is 41.1 Å². The molecular formula is C25H23N5O4S2. The van der Waals surface area contributed by atoms with Crippen molar-refractivity contribution < 1.29 is 17.9 Å². The molecule has 0 fully saturated rings. The summed E-state index contributed by atoms with van der Waals surface area (Å²) < 4.78 is 34.9. The lowest BCUT2D eigenvalue weighted by Gasteiger charge is -2.11. The van der Waals surface area contributed by atoms with Crippen molar-refractivity contribution in [2.45, 2.75) is 25.5 Å². The van der Waals surface area contributed by atoms with Crippen LogP contribution in [0.3, 0.4) is 0 Å². The molecule has 0 atom stereocenters. The highest BCUT2D eigenvalue weighted by Gasteiger charge is 2.18. The molecule has 9 nitrogen and oxygen atoms in total. The van der Waals surface area contributed by atoms with Gasteiger partial charge in [-0.1, -0.05) is 35.9 Å². The minimum absolute atomic E-state index is 0.00690. The number of aromatic nitrogens is 3. The van der Waals surface area contributed by atoms with Gasteiger partial charge < -0.3 is 9.30 Å². The van der Waals surface area contributed by atoms with Crippen molar-refractivity contribution in [3.8, 4) is 11.8 Å². The molecule has 0 aliphatic heterocycles. The average molecular weight is 522 g/mol. The summed E-state index contributed by atoms with van der Waals surface area (Å²) >= 11 is 0.728. The van der Waals surface area contributed by atoms with E-state index in [1.807, 2.05) is 67.1 Å². The zero-order valence-electron chi connectivity index (χ0n) is 19.8. The summed E-state index contributed by atoms with van der Waals surface area (Å²) in [5.41, 5.74) is 3.72. The highest BCUT2D eigenvalue weighted by Crippen LogP contribution is 2.25. The van der Waals surface area contributed by atoms with Crippen LogP contribution >= 0.6 is 11.5 Å². The van der Waals surface area contributed by atoms with Crippen LogP contribution in [0.1, 0.15) is 16.7 Å². The SMILES string of the molecule is Cc1ccc(OCCn2cc(C=C(C#N)C(=O)Nc3nc(S(C)(=O)=O)ns3)c3ccccc32)c(C)c1. The van der Waals surface area contributed by atoms with Crippen molar-refractivity contribution in [2.24, 2.45) is 0 Å². The molecule has 4 rings (SSSR count). The number of benzene rings is 2. The first-order valence-electron chi connectivity index (χ1n) is 10.9. The first-order valence-corrected chi connectivity index (χ1v) is 13.6. The molecule has 0 spiro atoms. The average Bonchev–Trinajstić information content (AvgIpc) is 3.44. The van der Waals surface area contributed by atoms with Crippen LogP contribution in [0.4, 0.5) is 5.13 Å². The van der Waals surface area contributed by atoms with Gasteiger partial charge in [-0.25, -0.2) is 8.42 Å². The molecule has 2 aromatic carbocycles. The van der Waals surface area contributed by atoms with Crippen molar-refractivity contribution in [1.82, 2.24) is 13.9 Å². The number of fused-ring (bicyclic) bond motifs is 1. The third-order valence-electron chi connectivity index (χ3n) is 5.36. The maximum atomic E-state index is 12.7. The Hall–Kier alpha value is -4.01. The van der Waals surface area contributed by atoms with E-state index in [1.54, 1.807) is 0 Å². The molecule has 0 aliphatic carbocycles. The molecule has 36 heavy (non-hydrogen) atoms. The molecule has 4 aromatic rings. The minimum atomic E-state index is -3.60. The smallest absolute Gasteiger partial charge is 0.268 e. The Morgan fingerprint density at radius 3 is 2.72 bits per heavy atom.